The van der Waals surface area contributed by atoms with Crippen LogP contribution in [0, 0.1) is 11.3 Å². The zero-order valence-corrected chi connectivity index (χ0v) is 18.4. The molecule has 0 bridgehead atoms. The zero-order chi connectivity index (χ0) is 22.0. The lowest BCUT2D eigenvalue weighted by Gasteiger charge is -2.11. The average Bonchev–Trinajstić information content (AvgIpc) is 3.30. The summed E-state index contributed by atoms with van der Waals surface area (Å²) in [6.45, 7) is 4.45. The molecule has 32 heavy (non-hydrogen) atoms. The van der Waals surface area contributed by atoms with Crippen molar-refractivity contribution in [3.05, 3.63) is 90.0 Å². The van der Waals surface area contributed by atoms with Gasteiger partial charge in [0.1, 0.15) is 0 Å². The Balaban J connectivity index is 1.74. The van der Waals surface area contributed by atoms with Crippen LogP contribution in [0.25, 0.3) is 49.3 Å². The summed E-state index contributed by atoms with van der Waals surface area (Å²) in [5.74, 6) is 0.446. The maximum atomic E-state index is 9.55. The molecule has 3 nitrogen and oxygen atoms in total. The van der Waals surface area contributed by atoms with Gasteiger partial charge in [-0.25, -0.2) is 0 Å². The van der Waals surface area contributed by atoms with Crippen LogP contribution >= 0.6 is 0 Å². The second kappa shape index (κ2) is 6.73. The SMILES string of the molecule is CC(C)c1ccc2c3ccc(C#N)cc3n(-c3ccc4c5ccccc5n(C)c4c3)c2c1. The van der Waals surface area contributed by atoms with E-state index in [2.05, 4.69) is 103 Å². The fraction of sp³-hybridized carbons (Fsp3) is 0.138. The van der Waals surface area contributed by atoms with Gasteiger partial charge in [0, 0.05) is 39.8 Å². The number of para-hydroxylation sites is 1. The summed E-state index contributed by atoms with van der Waals surface area (Å²) in [6, 6.07) is 30.3. The van der Waals surface area contributed by atoms with Crippen molar-refractivity contribution in [3.63, 3.8) is 0 Å². The topological polar surface area (TPSA) is 33.6 Å². The quantitative estimate of drug-likeness (QED) is 0.291. The van der Waals surface area contributed by atoms with Crippen molar-refractivity contribution in [2.24, 2.45) is 7.05 Å². The Bertz CT molecular complexity index is 1720. The minimum absolute atomic E-state index is 0.446. The van der Waals surface area contributed by atoms with E-state index in [1.54, 1.807) is 0 Å². The molecule has 2 aromatic heterocycles. The normalized spacial score (nSPS) is 11.8. The Morgan fingerprint density at radius 2 is 1.34 bits per heavy atom. The fourth-order valence-electron chi connectivity index (χ4n) is 5.03. The lowest BCUT2D eigenvalue weighted by molar-refractivity contribution is 0.868. The lowest BCUT2D eigenvalue weighted by Crippen LogP contribution is -1.96. The summed E-state index contributed by atoms with van der Waals surface area (Å²) in [5.41, 5.74) is 7.78. The summed E-state index contributed by atoms with van der Waals surface area (Å²) >= 11 is 0. The van der Waals surface area contributed by atoms with E-state index in [0.29, 0.717) is 11.5 Å². The van der Waals surface area contributed by atoms with Gasteiger partial charge in [-0.05, 0) is 47.9 Å². The Morgan fingerprint density at radius 1 is 0.688 bits per heavy atom. The molecule has 0 amide bonds. The van der Waals surface area contributed by atoms with Gasteiger partial charge in [0.05, 0.1) is 28.2 Å². The van der Waals surface area contributed by atoms with E-state index in [4.69, 9.17) is 0 Å². The third kappa shape index (κ3) is 2.53. The summed E-state index contributed by atoms with van der Waals surface area (Å²) < 4.78 is 4.58. The number of hydrogen-bond acceptors (Lipinski definition) is 1. The Hall–Kier alpha value is -4.03. The van der Waals surface area contributed by atoms with E-state index in [1.807, 2.05) is 12.1 Å². The summed E-state index contributed by atoms with van der Waals surface area (Å²) in [4.78, 5) is 0. The summed E-state index contributed by atoms with van der Waals surface area (Å²) in [6.07, 6.45) is 0. The second-order valence-electron chi connectivity index (χ2n) is 8.89. The van der Waals surface area contributed by atoms with Crippen molar-refractivity contribution in [3.8, 4) is 11.8 Å². The molecule has 6 aromatic rings. The van der Waals surface area contributed by atoms with Gasteiger partial charge in [-0.3, -0.25) is 0 Å². The third-order valence-electron chi connectivity index (χ3n) is 6.74. The van der Waals surface area contributed by atoms with Crippen LogP contribution in [0.3, 0.4) is 0 Å². The molecular formula is C29H23N3. The molecule has 0 aliphatic heterocycles. The van der Waals surface area contributed by atoms with Gasteiger partial charge in [0.25, 0.3) is 0 Å². The van der Waals surface area contributed by atoms with Crippen LogP contribution in [0.5, 0.6) is 0 Å². The molecule has 154 valence electrons. The first-order valence-electron chi connectivity index (χ1n) is 11.0. The fourth-order valence-corrected chi connectivity index (χ4v) is 5.03. The number of hydrogen-bond donors (Lipinski definition) is 0. The smallest absolute Gasteiger partial charge is 0.0992 e. The largest absolute Gasteiger partial charge is 0.344 e. The predicted octanol–water partition coefficient (Wildman–Crippen LogP) is 7.42. The third-order valence-corrected chi connectivity index (χ3v) is 6.74. The van der Waals surface area contributed by atoms with Gasteiger partial charge in [0.15, 0.2) is 0 Å². The van der Waals surface area contributed by atoms with Gasteiger partial charge in [-0.2, -0.15) is 5.26 Å². The summed E-state index contributed by atoms with van der Waals surface area (Å²) in [5, 5.41) is 14.5. The molecule has 0 aliphatic carbocycles. The van der Waals surface area contributed by atoms with Crippen LogP contribution in [-0.2, 0) is 7.05 Å². The first-order valence-corrected chi connectivity index (χ1v) is 11.0. The number of aromatic nitrogens is 2. The standard InChI is InChI=1S/C29H23N3/c1-18(2)20-9-12-25-24-11-8-19(17-30)14-28(24)32(29(25)15-20)21-10-13-23-22-6-4-5-7-26(22)31(3)27(23)16-21/h4-16,18H,1-3H3. The van der Waals surface area contributed by atoms with Crippen molar-refractivity contribution in [2.75, 3.05) is 0 Å². The molecule has 0 radical (unpaired) electrons. The van der Waals surface area contributed by atoms with E-state index in [-0.39, 0.29) is 0 Å². The van der Waals surface area contributed by atoms with Crippen LogP contribution in [0.4, 0.5) is 0 Å². The number of nitrogens with zero attached hydrogens (tertiary/aromatic N) is 3. The van der Waals surface area contributed by atoms with E-state index >= 15 is 0 Å². The molecule has 3 heteroatoms. The predicted molar refractivity (Wildman–Crippen MR) is 134 cm³/mol. The van der Waals surface area contributed by atoms with Gasteiger partial charge >= 0.3 is 0 Å². The highest BCUT2D eigenvalue weighted by Crippen LogP contribution is 2.36. The highest BCUT2D eigenvalue weighted by atomic mass is 15.0. The van der Waals surface area contributed by atoms with Crippen molar-refractivity contribution in [2.45, 2.75) is 19.8 Å². The number of fused-ring (bicyclic) bond motifs is 6. The molecule has 2 heterocycles. The second-order valence-corrected chi connectivity index (χ2v) is 8.89. The van der Waals surface area contributed by atoms with Crippen LogP contribution in [-0.4, -0.2) is 9.13 Å². The minimum Gasteiger partial charge on any atom is -0.344 e. The highest BCUT2D eigenvalue weighted by Gasteiger charge is 2.16. The van der Waals surface area contributed by atoms with E-state index < -0.39 is 0 Å². The van der Waals surface area contributed by atoms with E-state index in [1.165, 1.54) is 43.7 Å². The molecule has 0 N–H and O–H groups in total. The zero-order valence-electron chi connectivity index (χ0n) is 18.4. The molecule has 0 unspecified atom stereocenters. The molecular weight excluding hydrogens is 390 g/mol. The van der Waals surface area contributed by atoms with Gasteiger partial charge in [-0.1, -0.05) is 56.3 Å². The van der Waals surface area contributed by atoms with Crippen molar-refractivity contribution < 1.29 is 0 Å². The first kappa shape index (κ1) is 18.7. The van der Waals surface area contributed by atoms with Gasteiger partial charge < -0.3 is 9.13 Å². The Morgan fingerprint density at radius 3 is 2.12 bits per heavy atom. The van der Waals surface area contributed by atoms with Crippen molar-refractivity contribution >= 4 is 43.6 Å². The molecule has 0 saturated carbocycles. The molecule has 0 fully saturated rings. The lowest BCUT2D eigenvalue weighted by atomic mass is 10.0. The summed E-state index contributed by atoms with van der Waals surface area (Å²) in [7, 11) is 2.13. The maximum absolute atomic E-state index is 9.55. The molecule has 0 spiro atoms. The Labute approximate surface area is 186 Å². The molecule has 6 rings (SSSR count). The number of aryl methyl sites for hydroxylation is 1. The van der Waals surface area contributed by atoms with Gasteiger partial charge in [0.2, 0.25) is 0 Å². The van der Waals surface area contributed by atoms with Crippen LogP contribution < -0.4 is 0 Å². The number of rotatable bonds is 2. The number of nitriles is 1. The van der Waals surface area contributed by atoms with Crippen LogP contribution in [0.2, 0.25) is 0 Å². The number of benzene rings is 4. The van der Waals surface area contributed by atoms with Crippen LogP contribution in [0.1, 0.15) is 30.9 Å². The van der Waals surface area contributed by atoms with E-state index in [0.717, 1.165) is 11.2 Å². The molecule has 0 saturated heterocycles. The van der Waals surface area contributed by atoms with Crippen molar-refractivity contribution in [1.82, 2.24) is 9.13 Å². The molecule has 0 aliphatic rings. The average molecular weight is 414 g/mol. The Kier molecular flexibility index (Phi) is 3.94. The molecule has 4 aromatic carbocycles. The van der Waals surface area contributed by atoms with Crippen molar-refractivity contribution in [1.29, 1.82) is 5.26 Å². The molecule has 0 atom stereocenters. The van der Waals surface area contributed by atoms with E-state index in [9.17, 15) is 5.26 Å². The van der Waals surface area contributed by atoms with Gasteiger partial charge in [-0.15, -0.1) is 0 Å². The minimum atomic E-state index is 0.446. The monoisotopic (exact) mass is 413 g/mol. The van der Waals surface area contributed by atoms with Crippen LogP contribution in [0.15, 0.2) is 78.9 Å². The highest BCUT2D eigenvalue weighted by molar-refractivity contribution is 6.11. The maximum Gasteiger partial charge on any atom is 0.0992 e. The first-order chi connectivity index (χ1) is 15.6.